The van der Waals surface area contributed by atoms with E-state index in [1.54, 1.807) is 36.4 Å². The standard InChI is InChI=1S/C49H76NO25P5S2/c1-4-5-6-12-31-81-82-32-13-8-7-11-25-66-79(60,61)74-75-80(62,63)71-37-39(36-70-77(56,57)65-26-15-27-67-78(58,59)73-64-29-30-69-76(54,55)68-28-23-38(2)3)16-9-10-24-50-49(53)41-18-14-17-40(33-41)48-44-21-19-42(51)34-46(44)72-47-35-43(52)20-22-45(47)48/h14,17-22,33-35,38-39,51H,4-13,15-16,23-32,36-37H2,1-3H3,(H,50,53)(H,54,55)(H,56,57)(H,58,59)(H,60,61)(H,62,63). The van der Waals surface area contributed by atoms with Crippen LogP contribution in [-0.4, -0.2) is 106 Å². The Hall–Kier alpha value is -2.39. The molecule has 33 heteroatoms. The van der Waals surface area contributed by atoms with Crippen molar-refractivity contribution in [3.63, 3.8) is 0 Å². The van der Waals surface area contributed by atoms with Gasteiger partial charge in [-0.3, -0.25) is 41.3 Å². The molecule has 0 spiro atoms. The van der Waals surface area contributed by atoms with Gasteiger partial charge in [-0.2, -0.15) is 0 Å². The fraction of sp³-hybridized carbons (Fsp3) is 0.592. The summed E-state index contributed by atoms with van der Waals surface area (Å²) < 4.78 is 115. The molecule has 6 atom stereocenters. The highest BCUT2D eigenvalue weighted by Gasteiger charge is 2.33. The normalized spacial score (nSPS) is 16.1. The van der Waals surface area contributed by atoms with Gasteiger partial charge in [0.05, 0.1) is 46.2 Å². The third-order valence-corrected chi connectivity index (χ3v) is 18.4. The molecule has 464 valence electrons. The first kappa shape index (κ1) is 72.1. The van der Waals surface area contributed by atoms with Crippen molar-refractivity contribution in [1.82, 2.24) is 5.32 Å². The zero-order valence-corrected chi connectivity index (χ0v) is 52.0. The second kappa shape index (κ2) is 37.3. The van der Waals surface area contributed by atoms with Gasteiger partial charge in [-0.1, -0.05) is 93.0 Å². The Balaban J connectivity index is 1.26. The number of hydrogen-bond acceptors (Lipinski definition) is 22. The molecule has 1 amide bonds. The maximum absolute atomic E-state index is 13.5. The van der Waals surface area contributed by atoms with Gasteiger partial charge in [-0.05, 0) is 92.8 Å². The van der Waals surface area contributed by atoms with Crippen LogP contribution >= 0.6 is 60.7 Å². The molecule has 0 saturated heterocycles. The number of carbonyl (C=O) groups excluding carboxylic acids is 1. The Kier molecular flexibility index (Phi) is 32.8. The molecule has 82 heavy (non-hydrogen) atoms. The molecule has 0 fully saturated rings. The quantitative estimate of drug-likeness (QED) is 0.00539. The van der Waals surface area contributed by atoms with E-state index in [1.165, 1.54) is 49.9 Å². The van der Waals surface area contributed by atoms with Crippen LogP contribution in [0.25, 0.3) is 33.4 Å². The molecule has 0 saturated carbocycles. The van der Waals surface area contributed by atoms with E-state index in [2.05, 4.69) is 35.7 Å². The van der Waals surface area contributed by atoms with E-state index in [-0.39, 0.29) is 67.4 Å². The fourth-order valence-corrected chi connectivity index (χ4v) is 13.3. The van der Waals surface area contributed by atoms with Crippen molar-refractivity contribution in [2.24, 2.45) is 11.8 Å². The van der Waals surface area contributed by atoms with Crippen molar-refractivity contribution >= 4 is 77.6 Å². The van der Waals surface area contributed by atoms with Gasteiger partial charge in [0.25, 0.3) is 5.91 Å². The van der Waals surface area contributed by atoms with Crippen molar-refractivity contribution in [1.29, 1.82) is 0 Å². The van der Waals surface area contributed by atoms with Gasteiger partial charge >= 0.3 is 39.1 Å². The molecule has 4 rings (SSSR count). The van der Waals surface area contributed by atoms with Crippen molar-refractivity contribution in [2.45, 2.75) is 104 Å². The predicted octanol–water partition coefficient (Wildman–Crippen LogP) is 12.3. The average Bonchev–Trinajstić information content (AvgIpc) is 3.52. The van der Waals surface area contributed by atoms with Crippen LogP contribution in [0.4, 0.5) is 0 Å². The Bertz CT molecular complexity index is 2830. The molecule has 2 aliphatic rings. The molecule has 1 aliphatic heterocycles. The first-order valence-corrected chi connectivity index (χ1v) is 36.5. The van der Waals surface area contributed by atoms with E-state index in [9.17, 15) is 62.0 Å². The number of nitrogens with one attached hydrogen (secondary N) is 1. The molecule has 0 radical (unpaired) electrons. The second-order valence-corrected chi connectivity index (χ2v) is 28.5. The number of unbranched alkanes of at least 4 members (excludes halogenated alkanes) is 7. The van der Waals surface area contributed by atoms with E-state index in [0.29, 0.717) is 53.3 Å². The Morgan fingerprint density at radius 3 is 1.89 bits per heavy atom. The summed E-state index contributed by atoms with van der Waals surface area (Å²) in [4.78, 5) is 80.6. The number of rotatable bonds is 46. The third-order valence-electron chi connectivity index (χ3n) is 11.4. The molecule has 7 N–H and O–H groups in total. The molecule has 6 unspecified atom stereocenters. The summed E-state index contributed by atoms with van der Waals surface area (Å²) >= 11 is 0. The van der Waals surface area contributed by atoms with Gasteiger partial charge in [0.1, 0.15) is 23.7 Å². The summed E-state index contributed by atoms with van der Waals surface area (Å²) in [5.74, 6) is 1.12. The number of hydrogen-bond donors (Lipinski definition) is 7. The van der Waals surface area contributed by atoms with Crippen LogP contribution in [0.1, 0.15) is 115 Å². The number of fused-ring (bicyclic) bond motifs is 2. The first-order valence-electron chi connectivity index (χ1n) is 26.6. The summed E-state index contributed by atoms with van der Waals surface area (Å²) in [6.45, 7) is 2.25. The molecule has 1 aliphatic carbocycles. The summed E-state index contributed by atoms with van der Waals surface area (Å²) in [5, 5.41) is 13.6. The van der Waals surface area contributed by atoms with E-state index < -0.39 is 90.6 Å². The number of carbonyl (C=O) groups is 1. The molecular weight excluding hydrogens is 1220 g/mol. The van der Waals surface area contributed by atoms with Crippen LogP contribution in [0.15, 0.2) is 69.9 Å². The fourth-order valence-electron chi connectivity index (χ4n) is 7.30. The monoisotopic (exact) mass is 1300 g/mol. The third kappa shape index (κ3) is 29.8. The van der Waals surface area contributed by atoms with Crippen molar-refractivity contribution in [2.75, 3.05) is 70.9 Å². The highest BCUT2D eigenvalue weighted by atomic mass is 33.1. The summed E-state index contributed by atoms with van der Waals surface area (Å²) in [7, 11) is -20.7. The summed E-state index contributed by atoms with van der Waals surface area (Å²) in [6.07, 6.45) is 8.67. The molecule has 0 bridgehead atoms. The number of phosphoric ester groups is 5. The van der Waals surface area contributed by atoms with Crippen LogP contribution in [0.2, 0.25) is 0 Å². The maximum Gasteiger partial charge on any atom is 0.499 e. The number of amides is 1. The van der Waals surface area contributed by atoms with Gasteiger partial charge in [-0.25, -0.2) is 27.7 Å². The number of aromatic hydroxyl groups is 1. The van der Waals surface area contributed by atoms with Gasteiger partial charge in [0, 0.05) is 58.2 Å². The number of phenols is 1. The lowest BCUT2D eigenvalue weighted by molar-refractivity contribution is -0.228. The van der Waals surface area contributed by atoms with E-state index in [1.807, 2.05) is 35.4 Å². The molecule has 2 aromatic carbocycles. The van der Waals surface area contributed by atoms with Crippen LogP contribution in [0.3, 0.4) is 0 Å². The van der Waals surface area contributed by atoms with Gasteiger partial charge in [-0.15, -0.1) is 14.0 Å². The smallest absolute Gasteiger partial charge is 0.499 e. The highest BCUT2D eigenvalue weighted by molar-refractivity contribution is 8.76. The molecular formula is C49H76NO25P5S2. The Labute approximate surface area is 484 Å². The molecule has 0 aromatic heterocycles. The number of phosphoric acid groups is 5. The Morgan fingerprint density at radius 1 is 0.598 bits per heavy atom. The van der Waals surface area contributed by atoms with Crippen LogP contribution in [0.5, 0.6) is 5.75 Å². The van der Waals surface area contributed by atoms with E-state index in [0.717, 1.165) is 24.3 Å². The van der Waals surface area contributed by atoms with Crippen LogP contribution in [0, 0.1) is 11.8 Å². The van der Waals surface area contributed by atoms with E-state index >= 15 is 0 Å². The predicted molar refractivity (Wildman–Crippen MR) is 307 cm³/mol. The second-order valence-electron chi connectivity index (χ2n) is 18.8. The Morgan fingerprint density at radius 2 is 1.20 bits per heavy atom. The zero-order valence-electron chi connectivity index (χ0n) is 45.9. The maximum atomic E-state index is 13.5. The van der Waals surface area contributed by atoms with Crippen molar-refractivity contribution in [3.05, 3.63) is 76.5 Å². The molecule has 1 heterocycles. The molecule has 2 aromatic rings. The summed E-state index contributed by atoms with van der Waals surface area (Å²) in [5.41, 5.74) is 2.21. The minimum absolute atomic E-state index is 0.0348. The lowest BCUT2D eigenvalue weighted by Gasteiger charge is -2.20. The highest BCUT2D eigenvalue weighted by Crippen LogP contribution is 2.53. The average molecular weight is 1300 g/mol. The lowest BCUT2D eigenvalue weighted by Crippen LogP contribution is -2.24. The van der Waals surface area contributed by atoms with Gasteiger partial charge < -0.3 is 39.3 Å². The first-order chi connectivity index (χ1) is 38.9. The zero-order chi connectivity index (χ0) is 60.1. The van der Waals surface area contributed by atoms with Crippen LogP contribution < -0.4 is 10.7 Å². The SMILES string of the molecule is CCCCCCSSCCCCCCOP(=O)(O)OOP(=O)(O)OCC(CCCCNC(=O)c1cccc(-c2c3ccc(=O)cc-3oc3cc(O)ccc23)c1)COP(=O)(O)OCCCOP(=O)(O)OOCCOP(=O)(O)OCCC(C)C. The van der Waals surface area contributed by atoms with Gasteiger partial charge in [0.15, 0.2) is 5.43 Å². The molecule has 26 nitrogen and oxygen atoms in total. The summed E-state index contributed by atoms with van der Waals surface area (Å²) in [6, 6.07) is 15.7. The number of phenolic OH excluding ortho intramolecular Hbond substituents is 1. The topological polar surface area (TPSA) is 368 Å². The lowest BCUT2D eigenvalue weighted by atomic mass is 9.92. The van der Waals surface area contributed by atoms with Crippen molar-refractivity contribution in [3.8, 4) is 28.2 Å². The van der Waals surface area contributed by atoms with Crippen molar-refractivity contribution < 1.29 is 112 Å². The number of benzene rings is 3. The van der Waals surface area contributed by atoms with Crippen LogP contribution in [-0.2, 0) is 73.4 Å². The largest absolute Gasteiger partial charge is 0.508 e. The van der Waals surface area contributed by atoms with Gasteiger partial charge in [0.2, 0.25) is 0 Å². The van der Waals surface area contributed by atoms with E-state index in [4.69, 9.17) is 31.6 Å². The minimum atomic E-state index is -5.25. The minimum Gasteiger partial charge on any atom is -0.508 e.